The Bertz CT molecular complexity index is 505. The van der Waals surface area contributed by atoms with E-state index in [4.69, 9.17) is 4.74 Å². The zero-order valence-electron chi connectivity index (χ0n) is 13.3. The number of likely N-dealkylation sites (tertiary alicyclic amines) is 1. The average Bonchev–Trinajstić information content (AvgIpc) is 2.54. The number of ether oxygens (including phenoxy) is 1. The molecule has 2 amide bonds. The minimum atomic E-state index is -0.104. The Morgan fingerprint density at radius 2 is 1.86 bits per heavy atom. The number of benzene rings is 1. The lowest BCUT2D eigenvalue weighted by Crippen LogP contribution is -2.40. The Morgan fingerprint density at radius 3 is 2.45 bits per heavy atom. The van der Waals surface area contributed by atoms with Crippen LogP contribution in [-0.4, -0.2) is 43.0 Å². The van der Waals surface area contributed by atoms with E-state index in [-0.39, 0.29) is 18.4 Å². The summed E-state index contributed by atoms with van der Waals surface area (Å²) >= 11 is 0. The molecule has 1 aromatic rings. The van der Waals surface area contributed by atoms with Crippen LogP contribution >= 0.6 is 0 Å². The van der Waals surface area contributed by atoms with E-state index in [1.807, 2.05) is 11.8 Å². The van der Waals surface area contributed by atoms with E-state index in [0.29, 0.717) is 23.8 Å². The molecule has 1 aromatic carbocycles. The van der Waals surface area contributed by atoms with Crippen molar-refractivity contribution < 1.29 is 14.3 Å². The van der Waals surface area contributed by atoms with Crippen LogP contribution in [0.4, 0.5) is 0 Å². The van der Waals surface area contributed by atoms with Gasteiger partial charge in [0.2, 0.25) is 0 Å². The van der Waals surface area contributed by atoms with E-state index in [1.165, 1.54) is 0 Å². The minimum Gasteiger partial charge on any atom is -0.484 e. The van der Waals surface area contributed by atoms with Crippen molar-refractivity contribution in [3.05, 3.63) is 29.8 Å². The molecule has 0 spiro atoms. The maximum Gasteiger partial charge on any atom is 0.260 e. The highest BCUT2D eigenvalue weighted by atomic mass is 16.5. The molecule has 0 atom stereocenters. The normalized spacial score (nSPS) is 15.5. The Balaban J connectivity index is 1.81. The molecule has 1 N–H and O–H groups in total. The molecule has 5 heteroatoms. The molecule has 5 nitrogen and oxygen atoms in total. The van der Waals surface area contributed by atoms with Gasteiger partial charge >= 0.3 is 0 Å². The van der Waals surface area contributed by atoms with Crippen molar-refractivity contribution in [1.29, 1.82) is 0 Å². The first-order valence-electron chi connectivity index (χ1n) is 7.89. The first-order chi connectivity index (χ1) is 10.6. The van der Waals surface area contributed by atoms with Gasteiger partial charge in [-0.25, -0.2) is 0 Å². The highest BCUT2D eigenvalue weighted by Gasteiger charge is 2.20. The molecule has 0 saturated carbocycles. The van der Waals surface area contributed by atoms with Crippen molar-refractivity contribution in [2.45, 2.75) is 26.7 Å². The van der Waals surface area contributed by atoms with Gasteiger partial charge in [-0.15, -0.1) is 0 Å². The molecule has 1 saturated heterocycles. The number of carbonyl (C=O) groups excluding carboxylic acids is 2. The number of rotatable bonds is 5. The van der Waals surface area contributed by atoms with Crippen molar-refractivity contribution in [2.75, 3.05) is 26.2 Å². The standard InChI is InChI=1S/C17H24N2O3/c1-3-18-17(21)14-4-6-15(7-5-14)22-12-16(20)19-10-8-13(2)9-11-19/h4-7,13H,3,8-12H2,1-2H3,(H,18,21). The van der Waals surface area contributed by atoms with Crippen LogP contribution < -0.4 is 10.1 Å². The number of piperidine rings is 1. The van der Waals surface area contributed by atoms with E-state index < -0.39 is 0 Å². The van der Waals surface area contributed by atoms with Gasteiger partial charge in [-0.3, -0.25) is 9.59 Å². The molecule has 0 unspecified atom stereocenters. The molecule has 120 valence electrons. The topological polar surface area (TPSA) is 58.6 Å². The molecule has 22 heavy (non-hydrogen) atoms. The molecule has 2 rings (SSSR count). The fraction of sp³-hybridized carbons (Fsp3) is 0.529. The molecular formula is C17H24N2O3. The zero-order chi connectivity index (χ0) is 15.9. The number of nitrogens with one attached hydrogen (secondary N) is 1. The Hall–Kier alpha value is -2.04. The number of carbonyl (C=O) groups is 2. The lowest BCUT2D eigenvalue weighted by Gasteiger charge is -2.30. The van der Waals surface area contributed by atoms with E-state index in [1.54, 1.807) is 24.3 Å². The summed E-state index contributed by atoms with van der Waals surface area (Å²) in [4.78, 5) is 25.6. The van der Waals surface area contributed by atoms with Gasteiger partial charge in [0.15, 0.2) is 6.61 Å². The van der Waals surface area contributed by atoms with Crippen molar-refractivity contribution in [3.63, 3.8) is 0 Å². The van der Waals surface area contributed by atoms with Crippen LogP contribution in [0.5, 0.6) is 5.75 Å². The van der Waals surface area contributed by atoms with Gasteiger partial charge in [0, 0.05) is 25.2 Å². The van der Waals surface area contributed by atoms with Crippen molar-refractivity contribution in [1.82, 2.24) is 10.2 Å². The molecule has 0 aliphatic carbocycles. The van der Waals surface area contributed by atoms with Crippen LogP contribution in [0.3, 0.4) is 0 Å². The van der Waals surface area contributed by atoms with Crippen LogP contribution in [-0.2, 0) is 4.79 Å². The quantitative estimate of drug-likeness (QED) is 0.906. The van der Waals surface area contributed by atoms with Gasteiger partial charge in [-0.2, -0.15) is 0 Å². The molecule has 1 aliphatic heterocycles. The number of hydrogen-bond donors (Lipinski definition) is 1. The number of hydrogen-bond acceptors (Lipinski definition) is 3. The summed E-state index contributed by atoms with van der Waals surface area (Å²) in [7, 11) is 0. The second-order valence-electron chi connectivity index (χ2n) is 5.74. The third-order valence-electron chi connectivity index (χ3n) is 3.95. The fourth-order valence-electron chi connectivity index (χ4n) is 2.46. The van der Waals surface area contributed by atoms with Gasteiger partial charge in [0.05, 0.1) is 0 Å². The van der Waals surface area contributed by atoms with Gasteiger partial charge in [0.25, 0.3) is 11.8 Å². The molecule has 1 aliphatic rings. The number of amides is 2. The molecular weight excluding hydrogens is 280 g/mol. The highest BCUT2D eigenvalue weighted by molar-refractivity contribution is 5.94. The first kappa shape index (κ1) is 16.3. The number of nitrogens with zero attached hydrogens (tertiary/aromatic N) is 1. The van der Waals surface area contributed by atoms with Crippen LogP contribution in [0.2, 0.25) is 0 Å². The minimum absolute atomic E-state index is 0.0275. The van der Waals surface area contributed by atoms with Gasteiger partial charge in [-0.1, -0.05) is 6.92 Å². The fourth-order valence-corrected chi connectivity index (χ4v) is 2.46. The largest absolute Gasteiger partial charge is 0.484 e. The van der Waals surface area contributed by atoms with E-state index in [2.05, 4.69) is 12.2 Å². The predicted molar refractivity (Wildman–Crippen MR) is 84.9 cm³/mol. The molecule has 0 aromatic heterocycles. The van der Waals surface area contributed by atoms with E-state index in [9.17, 15) is 9.59 Å². The maximum absolute atomic E-state index is 12.1. The Labute approximate surface area is 131 Å². The summed E-state index contributed by atoms with van der Waals surface area (Å²) in [5, 5.41) is 2.74. The average molecular weight is 304 g/mol. The molecule has 0 bridgehead atoms. The SMILES string of the molecule is CCNC(=O)c1ccc(OCC(=O)N2CCC(C)CC2)cc1. The van der Waals surface area contributed by atoms with Crippen LogP contribution in [0.15, 0.2) is 24.3 Å². The van der Waals surface area contributed by atoms with Crippen molar-refractivity contribution in [3.8, 4) is 5.75 Å². The maximum atomic E-state index is 12.1. The second kappa shape index (κ2) is 7.82. The monoisotopic (exact) mass is 304 g/mol. The predicted octanol–water partition coefficient (Wildman–Crippen LogP) is 2.07. The summed E-state index contributed by atoms with van der Waals surface area (Å²) in [6.07, 6.45) is 2.12. The van der Waals surface area contributed by atoms with Crippen molar-refractivity contribution in [2.24, 2.45) is 5.92 Å². The van der Waals surface area contributed by atoms with Gasteiger partial charge in [0.1, 0.15) is 5.75 Å². The first-order valence-corrected chi connectivity index (χ1v) is 7.89. The smallest absolute Gasteiger partial charge is 0.260 e. The highest BCUT2D eigenvalue weighted by Crippen LogP contribution is 2.17. The Kier molecular flexibility index (Phi) is 5.81. The van der Waals surface area contributed by atoms with Crippen LogP contribution in [0.1, 0.15) is 37.0 Å². The molecule has 1 fully saturated rings. The van der Waals surface area contributed by atoms with Gasteiger partial charge < -0.3 is 15.0 Å². The van der Waals surface area contributed by atoms with Gasteiger partial charge in [-0.05, 0) is 49.9 Å². The van der Waals surface area contributed by atoms with Crippen LogP contribution in [0.25, 0.3) is 0 Å². The molecule has 0 radical (unpaired) electrons. The third kappa shape index (κ3) is 4.48. The van der Waals surface area contributed by atoms with Crippen molar-refractivity contribution >= 4 is 11.8 Å². The lowest BCUT2D eigenvalue weighted by atomic mass is 9.99. The van der Waals surface area contributed by atoms with E-state index >= 15 is 0 Å². The summed E-state index contributed by atoms with van der Waals surface area (Å²) in [5.74, 6) is 1.23. The summed E-state index contributed by atoms with van der Waals surface area (Å²) < 4.78 is 5.52. The Morgan fingerprint density at radius 1 is 1.23 bits per heavy atom. The summed E-state index contributed by atoms with van der Waals surface area (Å²) in [5.41, 5.74) is 0.588. The van der Waals surface area contributed by atoms with Crippen LogP contribution in [0, 0.1) is 5.92 Å². The second-order valence-corrected chi connectivity index (χ2v) is 5.74. The van der Waals surface area contributed by atoms with E-state index in [0.717, 1.165) is 25.9 Å². The summed E-state index contributed by atoms with van der Waals surface area (Å²) in [6, 6.07) is 6.84. The zero-order valence-corrected chi connectivity index (χ0v) is 13.3. The lowest BCUT2D eigenvalue weighted by molar-refractivity contribution is -0.134. The third-order valence-corrected chi connectivity index (χ3v) is 3.95. The summed E-state index contributed by atoms with van der Waals surface area (Å²) in [6.45, 7) is 6.38. The molecule has 1 heterocycles.